The summed E-state index contributed by atoms with van der Waals surface area (Å²) in [4.78, 5) is 36.3. The molecular weight excluding hydrogens is 448 g/mol. The van der Waals surface area contributed by atoms with Crippen molar-refractivity contribution in [3.63, 3.8) is 0 Å². The van der Waals surface area contributed by atoms with Gasteiger partial charge in [-0.1, -0.05) is 62.4 Å². The molecule has 0 spiro atoms. The molecule has 2 aromatic carbocycles. The highest BCUT2D eigenvalue weighted by atomic mass is 16.5. The number of nitrogens with one attached hydrogen (secondary N) is 2. The molecule has 1 heterocycles. The lowest BCUT2D eigenvalue weighted by Gasteiger charge is -2.20. The number of anilines is 1. The number of benzene rings is 2. The number of nitrogens with zero attached hydrogens (tertiary/aromatic N) is 2. The van der Waals surface area contributed by atoms with E-state index >= 15 is 0 Å². The number of carboxylic acid groups (broad SMARTS) is 1. The Kier molecular flexibility index (Phi) is 6.86. The molecule has 0 unspecified atom stereocenters. The Morgan fingerprint density at radius 1 is 1.06 bits per heavy atom. The van der Waals surface area contributed by atoms with E-state index < -0.39 is 24.0 Å². The summed E-state index contributed by atoms with van der Waals surface area (Å²) in [5.41, 5.74) is 4.69. The molecule has 3 N–H and O–H groups in total. The molecule has 0 saturated carbocycles. The van der Waals surface area contributed by atoms with Gasteiger partial charge in [0.25, 0.3) is 5.91 Å². The van der Waals surface area contributed by atoms with Crippen LogP contribution in [0, 0.1) is 5.92 Å². The number of hydrogen-bond acceptors (Lipinski definition) is 5. The second-order valence-electron chi connectivity index (χ2n) is 8.91. The van der Waals surface area contributed by atoms with Gasteiger partial charge in [0.1, 0.15) is 12.3 Å². The number of fused-ring (bicyclic) bond motifs is 3. The number of aliphatic carboxylic acids is 1. The summed E-state index contributed by atoms with van der Waals surface area (Å²) in [6.07, 6.45) is -0.866. The Morgan fingerprint density at radius 3 is 2.23 bits per heavy atom. The third kappa shape index (κ3) is 5.18. The van der Waals surface area contributed by atoms with Gasteiger partial charge in [-0.05, 0) is 28.2 Å². The summed E-state index contributed by atoms with van der Waals surface area (Å²) < 4.78 is 6.85. The minimum Gasteiger partial charge on any atom is -0.481 e. The van der Waals surface area contributed by atoms with Crippen molar-refractivity contribution in [3.8, 4) is 11.1 Å². The van der Waals surface area contributed by atoms with E-state index in [4.69, 9.17) is 9.84 Å². The van der Waals surface area contributed by atoms with Crippen LogP contribution in [0.15, 0.2) is 54.6 Å². The van der Waals surface area contributed by atoms with Crippen molar-refractivity contribution < 1.29 is 24.2 Å². The monoisotopic (exact) mass is 476 g/mol. The lowest BCUT2D eigenvalue weighted by Crippen LogP contribution is -2.40. The zero-order valence-corrected chi connectivity index (χ0v) is 19.8. The van der Waals surface area contributed by atoms with E-state index in [9.17, 15) is 14.4 Å². The fourth-order valence-corrected chi connectivity index (χ4v) is 4.36. The van der Waals surface area contributed by atoms with Crippen molar-refractivity contribution >= 4 is 23.8 Å². The van der Waals surface area contributed by atoms with E-state index in [1.165, 1.54) is 10.7 Å². The fourth-order valence-electron chi connectivity index (χ4n) is 4.36. The molecule has 0 aliphatic heterocycles. The minimum atomic E-state index is -0.994. The normalized spacial score (nSPS) is 13.1. The summed E-state index contributed by atoms with van der Waals surface area (Å²) in [5.74, 6) is -1.44. The Bertz CT molecular complexity index is 1220. The van der Waals surface area contributed by atoms with Crippen LogP contribution in [-0.2, 0) is 16.6 Å². The third-order valence-corrected chi connectivity index (χ3v) is 6.20. The summed E-state index contributed by atoms with van der Waals surface area (Å²) in [7, 11) is 1.57. The second kappa shape index (κ2) is 10.0. The molecule has 182 valence electrons. The first kappa shape index (κ1) is 24.0. The molecule has 1 aromatic heterocycles. The number of ether oxygens (including phenoxy) is 1. The molecule has 9 heteroatoms. The van der Waals surface area contributed by atoms with Crippen LogP contribution in [0.3, 0.4) is 0 Å². The molecule has 2 amide bonds. The molecule has 3 aromatic rings. The van der Waals surface area contributed by atoms with Crippen LogP contribution in [-0.4, -0.2) is 45.5 Å². The topological polar surface area (TPSA) is 123 Å². The number of aryl methyl sites for hydroxylation is 1. The summed E-state index contributed by atoms with van der Waals surface area (Å²) in [6.45, 7) is 3.83. The average Bonchev–Trinajstić information content (AvgIpc) is 3.34. The average molecular weight is 477 g/mol. The van der Waals surface area contributed by atoms with Crippen LogP contribution >= 0.6 is 0 Å². The third-order valence-electron chi connectivity index (χ3n) is 6.20. The number of carbonyl (C=O) groups excluding carboxylic acids is 2. The molecule has 1 atom stereocenters. The van der Waals surface area contributed by atoms with Crippen molar-refractivity contribution in [2.24, 2.45) is 13.0 Å². The predicted octanol–water partition coefficient (Wildman–Crippen LogP) is 4.01. The van der Waals surface area contributed by atoms with Gasteiger partial charge in [-0.25, -0.2) is 4.79 Å². The molecule has 0 bridgehead atoms. The van der Waals surface area contributed by atoms with Crippen molar-refractivity contribution in [2.75, 3.05) is 11.9 Å². The van der Waals surface area contributed by atoms with Gasteiger partial charge in [-0.3, -0.25) is 19.6 Å². The van der Waals surface area contributed by atoms with Crippen molar-refractivity contribution in [3.05, 3.63) is 71.4 Å². The maximum absolute atomic E-state index is 12.7. The maximum atomic E-state index is 12.7. The highest BCUT2D eigenvalue weighted by molar-refractivity contribution is 5.95. The molecule has 1 aliphatic carbocycles. The van der Waals surface area contributed by atoms with Crippen LogP contribution in [0.25, 0.3) is 11.1 Å². The van der Waals surface area contributed by atoms with Gasteiger partial charge in [0.15, 0.2) is 5.82 Å². The van der Waals surface area contributed by atoms with E-state index in [2.05, 4.69) is 27.9 Å². The molecule has 0 fully saturated rings. The number of hydrogen-bond donors (Lipinski definition) is 3. The number of rotatable bonds is 8. The molecule has 0 saturated heterocycles. The van der Waals surface area contributed by atoms with Gasteiger partial charge in [0, 0.05) is 25.1 Å². The zero-order valence-electron chi connectivity index (χ0n) is 19.8. The SMILES string of the molecule is CC(C)[C@@H](CC(=O)O)NC(=O)c1cc(NC(=O)OCC2c3ccccc3-c3ccccc32)nn1C. The fraction of sp³-hybridized carbons (Fsp3) is 0.308. The van der Waals surface area contributed by atoms with Gasteiger partial charge in [0.05, 0.1) is 6.42 Å². The van der Waals surface area contributed by atoms with E-state index in [-0.39, 0.29) is 36.4 Å². The van der Waals surface area contributed by atoms with Crippen LogP contribution in [0.1, 0.15) is 47.8 Å². The number of amides is 2. The number of aromatic nitrogens is 2. The molecule has 0 radical (unpaired) electrons. The molecule has 1 aliphatic rings. The minimum absolute atomic E-state index is 0.0679. The number of carbonyl (C=O) groups is 3. The van der Waals surface area contributed by atoms with Gasteiger partial charge in [-0.15, -0.1) is 0 Å². The van der Waals surface area contributed by atoms with Crippen LogP contribution < -0.4 is 10.6 Å². The van der Waals surface area contributed by atoms with Gasteiger partial charge < -0.3 is 15.2 Å². The molecule has 9 nitrogen and oxygen atoms in total. The number of carboxylic acids is 1. The van der Waals surface area contributed by atoms with E-state index in [0.29, 0.717) is 0 Å². The highest BCUT2D eigenvalue weighted by Crippen LogP contribution is 2.44. The molecule has 4 rings (SSSR count). The van der Waals surface area contributed by atoms with Crippen LogP contribution in [0.2, 0.25) is 0 Å². The van der Waals surface area contributed by atoms with E-state index in [1.54, 1.807) is 7.05 Å². The van der Waals surface area contributed by atoms with Crippen LogP contribution in [0.4, 0.5) is 10.6 Å². The Balaban J connectivity index is 1.40. The van der Waals surface area contributed by atoms with Gasteiger partial charge in [0.2, 0.25) is 0 Å². The predicted molar refractivity (Wildman–Crippen MR) is 130 cm³/mol. The lowest BCUT2D eigenvalue weighted by molar-refractivity contribution is -0.137. The Labute approximate surface area is 203 Å². The van der Waals surface area contributed by atoms with Gasteiger partial charge in [-0.2, -0.15) is 5.10 Å². The lowest BCUT2D eigenvalue weighted by atomic mass is 9.98. The molecule has 35 heavy (non-hydrogen) atoms. The first-order valence-corrected chi connectivity index (χ1v) is 11.4. The first-order valence-electron chi connectivity index (χ1n) is 11.4. The van der Waals surface area contributed by atoms with E-state index in [1.807, 2.05) is 50.2 Å². The Hall–Kier alpha value is -4.14. The maximum Gasteiger partial charge on any atom is 0.412 e. The summed E-state index contributed by atoms with van der Waals surface area (Å²) in [6, 6.07) is 17.0. The smallest absolute Gasteiger partial charge is 0.412 e. The Morgan fingerprint density at radius 2 is 1.66 bits per heavy atom. The highest BCUT2D eigenvalue weighted by Gasteiger charge is 2.29. The zero-order chi connectivity index (χ0) is 25.1. The standard InChI is InChI=1S/C26H28N4O5/c1-15(2)21(12-24(31)32)27-25(33)22-13-23(29-30(22)3)28-26(34)35-14-20-18-10-6-4-8-16(18)17-9-5-7-11-19(17)20/h4-11,13,15,20-21H,12,14H2,1-3H3,(H,27,33)(H,31,32)(H,28,29,34)/t21-/m1/s1. The van der Waals surface area contributed by atoms with Crippen molar-refractivity contribution in [1.29, 1.82) is 0 Å². The van der Waals surface area contributed by atoms with Gasteiger partial charge >= 0.3 is 12.1 Å². The summed E-state index contributed by atoms with van der Waals surface area (Å²) >= 11 is 0. The first-order chi connectivity index (χ1) is 16.7. The van der Waals surface area contributed by atoms with Crippen molar-refractivity contribution in [1.82, 2.24) is 15.1 Å². The molecular formula is C26H28N4O5. The second-order valence-corrected chi connectivity index (χ2v) is 8.91. The quantitative estimate of drug-likeness (QED) is 0.452. The largest absolute Gasteiger partial charge is 0.481 e. The summed E-state index contributed by atoms with van der Waals surface area (Å²) in [5, 5.41) is 18.5. The van der Waals surface area contributed by atoms with E-state index in [0.717, 1.165) is 22.3 Å². The van der Waals surface area contributed by atoms with Crippen molar-refractivity contribution in [2.45, 2.75) is 32.2 Å². The van der Waals surface area contributed by atoms with Crippen LogP contribution in [0.5, 0.6) is 0 Å².